The van der Waals surface area contributed by atoms with Gasteiger partial charge in [0.1, 0.15) is 24.7 Å². The topological polar surface area (TPSA) is 58.9 Å². The van der Waals surface area contributed by atoms with Crippen LogP contribution in [0.15, 0.2) is 48.5 Å². The van der Waals surface area contributed by atoms with Crippen LogP contribution in [-0.4, -0.2) is 51.3 Å². The number of hydrogen-bond acceptors (Lipinski definition) is 4. The Balaban J connectivity index is 2.04. The molecule has 0 spiro atoms. The van der Waals surface area contributed by atoms with E-state index in [-0.39, 0.29) is 31.3 Å². The van der Waals surface area contributed by atoms with Crippen molar-refractivity contribution >= 4 is 15.7 Å². The van der Waals surface area contributed by atoms with Gasteiger partial charge in [0.15, 0.2) is 0 Å². The fourth-order valence-electron chi connectivity index (χ4n) is 2.62. The molecule has 0 aliphatic heterocycles. The quantitative estimate of drug-likeness (QED) is 0.637. The molecular weight excluding hydrogens is 338 g/mol. The van der Waals surface area contributed by atoms with E-state index in [0.29, 0.717) is 11.5 Å². The molecule has 0 saturated carbocycles. The van der Waals surface area contributed by atoms with Gasteiger partial charge < -0.3 is 19.7 Å². The first-order valence-corrected chi connectivity index (χ1v) is 9.09. The maximum Gasteiger partial charge on any atom is 0.119 e. The highest BCUT2D eigenvalue weighted by molar-refractivity contribution is 6.09. The van der Waals surface area contributed by atoms with Crippen LogP contribution < -0.4 is 9.47 Å². The van der Waals surface area contributed by atoms with E-state index in [2.05, 4.69) is 13.8 Å². The van der Waals surface area contributed by atoms with Gasteiger partial charge >= 0.3 is 0 Å². The Bertz CT molecular complexity index is 627. The fraction of sp³-hybridized carbons (Fsp3) is 0.429. The molecule has 0 aliphatic carbocycles. The lowest BCUT2D eigenvalue weighted by molar-refractivity contribution is 0.123. The highest BCUT2D eigenvalue weighted by Crippen LogP contribution is 2.33. The lowest BCUT2D eigenvalue weighted by Crippen LogP contribution is -2.19. The average molecular weight is 364 g/mol. The van der Waals surface area contributed by atoms with E-state index in [1.165, 1.54) is 0 Å². The molecule has 0 aliphatic rings. The molecule has 2 atom stereocenters. The summed E-state index contributed by atoms with van der Waals surface area (Å²) in [7, 11) is 10.8. The van der Waals surface area contributed by atoms with Gasteiger partial charge in [0, 0.05) is 5.41 Å². The number of ether oxygens (including phenoxy) is 2. The van der Waals surface area contributed by atoms with Gasteiger partial charge in [-0.3, -0.25) is 0 Å². The third-order valence-corrected chi connectivity index (χ3v) is 4.58. The SMILES string of the molecule is [B]CC(O)COc1ccc(C(C)(C)c2ccc(OCC(O)C[B])cc2)cc1. The monoisotopic (exact) mass is 364 g/mol. The first kappa shape index (κ1) is 21.4. The number of hydrogen-bond donors (Lipinski definition) is 2. The Kier molecular flexibility index (Phi) is 7.81. The summed E-state index contributed by atoms with van der Waals surface area (Å²) in [6.45, 7) is 4.66. The first-order valence-electron chi connectivity index (χ1n) is 9.09. The van der Waals surface area contributed by atoms with Crippen LogP contribution in [0, 0.1) is 0 Å². The lowest BCUT2D eigenvalue weighted by atomic mass is 9.78. The van der Waals surface area contributed by atoms with Crippen molar-refractivity contribution in [3.05, 3.63) is 59.7 Å². The van der Waals surface area contributed by atoms with Crippen molar-refractivity contribution in [2.45, 2.75) is 44.1 Å². The maximum atomic E-state index is 9.48. The van der Waals surface area contributed by atoms with E-state index < -0.39 is 12.2 Å². The standard InChI is InChI=1S/C21H26B2O4/c1-21(2,15-3-7-19(8-4-15)26-13-17(24)11-22)16-5-9-20(10-6-16)27-14-18(25)12-23/h3-10,17-18,24-25H,11-14H2,1-2H3. The normalized spacial score (nSPS) is 13.8. The second kappa shape index (κ2) is 9.86. The van der Waals surface area contributed by atoms with Crippen LogP contribution in [-0.2, 0) is 5.41 Å². The van der Waals surface area contributed by atoms with Crippen LogP contribution in [0.4, 0.5) is 0 Å². The molecule has 6 heteroatoms. The van der Waals surface area contributed by atoms with Gasteiger partial charge in [0.2, 0.25) is 0 Å². The van der Waals surface area contributed by atoms with Crippen LogP contribution >= 0.6 is 0 Å². The molecule has 2 aromatic rings. The van der Waals surface area contributed by atoms with Crippen molar-refractivity contribution < 1.29 is 19.7 Å². The van der Waals surface area contributed by atoms with E-state index in [9.17, 15) is 10.2 Å². The molecule has 4 radical (unpaired) electrons. The molecule has 0 amide bonds. The van der Waals surface area contributed by atoms with Gasteiger partial charge in [-0.1, -0.05) is 50.8 Å². The average Bonchev–Trinajstić information content (AvgIpc) is 2.70. The maximum absolute atomic E-state index is 9.48. The van der Waals surface area contributed by atoms with Gasteiger partial charge in [-0.15, -0.1) is 0 Å². The summed E-state index contributed by atoms with van der Waals surface area (Å²) in [5, 5.41) is 19.0. The van der Waals surface area contributed by atoms with E-state index >= 15 is 0 Å². The minimum absolute atomic E-state index is 0.177. The molecule has 2 aromatic carbocycles. The molecule has 2 rings (SSSR count). The predicted molar refractivity (Wildman–Crippen MR) is 109 cm³/mol. The Morgan fingerprint density at radius 3 is 1.37 bits per heavy atom. The summed E-state index contributed by atoms with van der Waals surface area (Å²) in [6, 6.07) is 15.7. The van der Waals surface area contributed by atoms with E-state index in [1.807, 2.05) is 48.5 Å². The van der Waals surface area contributed by atoms with Crippen molar-refractivity contribution in [1.82, 2.24) is 0 Å². The van der Waals surface area contributed by atoms with Crippen LogP contribution in [0.3, 0.4) is 0 Å². The molecule has 0 bridgehead atoms. The van der Waals surface area contributed by atoms with E-state index in [4.69, 9.17) is 25.2 Å². The first-order chi connectivity index (χ1) is 12.9. The van der Waals surface area contributed by atoms with Gasteiger partial charge in [-0.2, -0.15) is 0 Å². The Hall–Kier alpha value is -1.91. The third kappa shape index (κ3) is 6.05. The van der Waals surface area contributed by atoms with Crippen LogP contribution in [0.2, 0.25) is 12.6 Å². The van der Waals surface area contributed by atoms with Crippen molar-refractivity contribution in [2.24, 2.45) is 0 Å². The lowest BCUT2D eigenvalue weighted by Gasteiger charge is -2.26. The summed E-state index contributed by atoms with van der Waals surface area (Å²) in [4.78, 5) is 0. The Labute approximate surface area is 164 Å². The summed E-state index contributed by atoms with van der Waals surface area (Å²) >= 11 is 0. The fourth-order valence-corrected chi connectivity index (χ4v) is 2.62. The number of rotatable bonds is 10. The second-order valence-corrected chi connectivity index (χ2v) is 7.07. The molecule has 27 heavy (non-hydrogen) atoms. The van der Waals surface area contributed by atoms with Gasteiger partial charge in [-0.05, 0) is 35.4 Å². The predicted octanol–water partition coefficient (Wildman–Crippen LogP) is 2.67. The zero-order valence-corrected chi connectivity index (χ0v) is 16.0. The zero-order chi connectivity index (χ0) is 19.9. The zero-order valence-electron chi connectivity index (χ0n) is 16.0. The van der Waals surface area contributed by atoms with Gasteiger partial charge in [-0.25, -0.2) is 0 Å². The highest BCUT2D eigenvalue weighted by atomic mass is 16.5. The number of aliphatic hydroxyl groups excluding tert-OH is 2. The largest absolute Gasteiger partial charge is 0.491 e. The van der Waals surface area contributed by atoms with Crippen molar-refractivity contribution in [2.75, 3.05) is 13.2 Å². The second-order valence-electron chi connectivity index (χ2n) is 7.07. The minimum atomic E-state index is -0.659. The molecular formula is C21H26B2O4. The number of benzene rings is 2. The molecule has 4 nitrogen and oxygen atoms in total. The van der Waals surface area contributed by atoms with Crippen molar-refractivity contribution in [3.8, 4) is 11.5 Å². The minimum Gasteiger partial charge on any atom is -0.491 e. The Morgan fingerprint density at radius 2 is 1.07 bits per heavy atom. The molecule has 0 saturated heterocycles. The summed E-state index contributed by atoms with van der Waals surface area (Å²) in [5.74, 6) is 1.40. The molecule has 140 valence electrons. The van der Waals surface area contributed by atoms with Crippen LogP contribution in [0.25, 0.3) is 0 Å². The van der Waals surface area contributed by atoms with E-state index in [1.54, 1.807) is 0 Å². The molecule has 0 heterocycles. The summed E-state index contributed by atoms with van der Waals surface area (Å²) in [6.07, 6.45) is -0.966. The number of aliphatic hydroxyl groups is 2. The van der Waals surface area contributed by atoms with E-state index in [0.717, 1.165) is 11.1 Å². The van der Waals surface area contributed by atoms with Crippen molar-refractivity contribution in [1.29, 1.82) is 0 Å². The molecule has 2 N–H and O–H groups in total. The van der Waals surface area contributed by atoms with Gasteiger partial charge in [0.25, 0.3) is 0 Å². The third-order valence-electron chi connectivity index (χ3n) is 4.58. The molecule has 0 fully saturated rings. The summed E-state index contributed by atoms with van der Waals surface area (Å²) < 4.78 is 11.1. The Morgan fingerprint density at radius 1 is 0.741 bits per heavy atom. The highest BCUT2D eigenvalue weighted by Gasteiger charge is 2.23. The van der Waals surface area contributed by atoms with Crippen LogP contribution in [0.5, 0.6) is 11.5 Å². The summed E-state index contributed by atoms with van der Waals surface area (Å²) in [5.41, 5.74) is 2.08. The van der Waals surface area contributed by atoms with Crippen molar-refractivity contribution in [3.63, 3.8) is 0 Å². The smallest absolute Gasteiger partial charge is 0.119 e. The van der Waals surface area contributed by atoms with Crippen LogP contribution in [0.1, 0.15) is 25.0 Å². The molecule has 2 unspecified atom stereocenters. The molecule has 0 aromatic heterocycles. The van der Waals surface area contributed by atoms with Gasteiger partial charge in [0.05, 0.1) is 27.9 Å².